The van der Waals surface area contributed by atoms with E-state index in [-0.39, 0.29) is 0 Å². The molecule has 0 aliphatic heterocycles. The van der Waals surface area contributed by atoms with Crippen LogP contribution in [0.3, 0.4) is 0 Å². The molecule has 1 aliphatic carbocycles. The molecule has 1 aliphatic rings. The molecule has 1 aromatic heterocycles. The molecule has 0 bridgehead atoms. The molecule has 3 heteroatoms. The number of methoxy groups -OCH3 is 1. The Bertz CT molecular complexity index is 565. The van der Waals surface area contributed by atoms with Gasteiger partial charge in [-0.3, -0.25) is 4.68 Å². The average molecular weight is 270 g/mol. The summed E-state index contributed by atoms with van der Waals surface area (Å²) >= 11 is 0. The van der Waals surface area contributed by atoms with Crippen LogP contribution in [0.2, 0.25) is 0 Å². The van der Waals surface area contributed by atoms with Crippen LogP contribution in [-0.4, -0.2) is 16.9 Å². The number of hydrogen-bond donors (Lipinski definition) is 0. The fourth-order valence-electron chi connectivity index (χ4n) is 3.20. The molecular weight excluding hydrogens is 248 g/mol. The van der Waals surface area contributed by atoms with Crippen molar-refractivity contribution in [1.29, 1.82) is 0 Å². The Morgan fingerprint density at radius 1 is 1.20 bits per heavy atom. The molecule has 1 fully saturated rings. The van der Waals surface area contributed by atoms with Crippen LogP contribution in [0.15, 0.2) is 30.5 Å². The first-order valence-electron chi connectivity index (χ1n) is 7.43. The van der Waals surface area contributed by atoms with Crippen LogP contribution in [0.25, 0.3) is 11.1 Å². The van der Waals surface area contributed by atoms with E-state index in [9.17, 15) is 0 Å². The van der Waals surface area contributed by atoms with Crippen molar-refractivity contribution in [2.24, 2.45) is 13.0 Å². The standard InChI is InChI=1S/C17H22N2O/c1-19-17(11-13-5-3-4-6-13)16(12-18-19)14-7-9-15(20-2)10-8-14/h7-10,12-13H,3-6,11H2,1-2H3. The highest BCUT2D eigenvalue weighted by molar-refractivity contribution is 5.66. The van der Waals surface area contributed by atoms with Crippen LogP contribution < -0.4 is 4.74 Å². The number of hydrogen-bond acceptors (Lipinski definition) is 2. The van der Waals surface area contributed by atoms with E-state index in [1.807, 2.05) is 23.0 Å². The average Bonchev–Trinajstić information content (AvgIpc) is 3.11. The van der Waals surface area contributed by atoms with Gasteiger partial charge >= 0.3 is 0 Å². The Labute approximate surface area is 120 Å². The molecule has 1 heterocycles. The van der Waals surface area contributed by atoms with Gasteiger partial charge in [0.2, 0.25) is 0 Å². The number of rotatable bonds is 4. The van der Waals surface area contributed by atoms with E-state index >= 15 is 0 Å². The summed E-state index contributed by atoms with van der Waals surface area (Å²) in [4.78, 5) is 0. The lowest BCUT2D eigenvalue weighted by Gasteiger charge is -2.12. The van der Waals surface area contributed by atoms with E-state index in [0.29, 0.717) is 0 Å². The summed E-state index contributed by atoms with van der Waals surface area (Å²) in [5.74, 6) is 1.73. The van der Waals surface area contributed by atoms with Crippen LogP contribution in [0.4, 0.5) is 0 Å². The van der Waals surface area contributed by atoms with Gasteiger partial charge in [-0.2, -0.15) is 5.10 Å². The van der Waals surface area contributed by atoms with Gasteiger partial charge in [0.1, 0.15) is 5.75 Å². The molecule has 0 amide bonds. The quantitative estimate of drug-likeness (QED) is 0.844. The highest BCUT2D eigenvalue weighted by Gasteiger charge is 2.19. The molecular formula is C17H22N2O. The Balaban J connectivity index is 1.88. The van der Waals surface area contributed by atoms with Crippen molar-refractivity contribution in [3.05, 3.63) is 36.2 Å². The second-order valence-electron chi connectivity index (χ2n) is 5.71. The lowest BCUT2D eigenvalue weighted by molar-refractivity contribution is 0.415. The molecule has 20 heavy (non-hydrogen) atoms. The molecule has 3 rings (SSSR count). The first kappa shape index (κ1) is 13.2. The van der Waals surface area contributed by atoms with Gasteiger partial charge in [0.25, 0.3) is 0 Å². The maximum absolute atomic E-state index is 5.23. The molecule has 0 saturated heterocycles. The molecule has 1 saturated carbocycles. The van der Waals surface area contributed by atoms with Crippen LogP contribution in [0.1, 0.15) is 31.4 Å². The zero-order valence-electron chi connectivity index (χ0n) is 12.3. The van der Waals surface area contributed by atoms with E-state index in [4.69, 9.17) is 4.74 Å². The molecule has 0 atom stereocenters. The van der Waals surface area contributed by atoms with E-state index in [1.165, 1.54) is 42.5 Å². The third-order valence-electron chi connectivity index (χ3n) is 4.42. The van der Waals surface area contributed by atoms with Crippen molar-refractivity contribution in [2.45, 2.75) is 32.1 Å². The van der Waals surface area contributed by atoms with Crippen molar-refractivity contribution in [1.82, 2.24) is 9.78 Å². The predicted molar refractivity (Wildman–Crippen MR) is 80.9 cm³/mol. The minimum atomic E-state index is 0.836. The molecule has 3 nitrogen and oxygen atoms in total. The first-order chi connectivity index (χ1) is 9.78. The second kappa shape index (κ2) is 5.70. The van der Waals surface area contributed by atoms with Crippen LogP contribution in [0.5, 0.6) is 5.75 Å². The van der Waals surface area contributed by atoms with E-state index < -0.39 is 0 Å². The minimum Gasteiger partial charge on any atom is -0.497 e. The monoisotopic (exact) mass is 270 g/mol. The van der Waals surface area contributed by atoms with Gasteiger partial charge in [0.15, 0.2) is 0 Å². The van der Waals surface area contributed by atoms with Crippen LogP contribution >= 0.6 is 0 Å². The SMILES string of the molecule is COc1ccc(-c2cnn(C)c2CC2CCCC2)cc1. The van der Waals surface area contributed by atoms with Crippen molar-refractivity contribution >= 4 is 0 Å². The third kappa shape index (κ3) is 2.58. The lowest BCUT2D eigenvalue weighted by atomic mass is 9.97. The number of aromatic nitrogens is 2. The molecule has 2 aromatic rings. The molecule has 0 spiro atoms. The van der Waals surface area contributed by atoms with Gasteiger partial charge in [-0.15, -0.1) is 0 Å². The Morgan fingerprint density at radius 2 is 1.90 bits per heavy atom. The van der Waals surface area contributed by atoms with Gasteiger partial charge in [0, 0.05) is 18.3 Å². The maximum atomic E-state index is 5.23. The largest absolute Gasteiger partial charge is 0.497 e. The van der Waals surface area contributed by atoms with Crippen molar-refractivity contribution < 1.29 is 4.74 Å². The van der Waals surface area contributed by atoms with Gasteiger partial charge in [-0.1, -0.05) is 37.8 Å². The van der Waals surface area contributed by atoms with E-state index in [2.05, 4.69) is 24.3 Å². The highest BCUT2D eigenvalue weighted by atomic mass is 16.5. The molecule has 0 unspecified atom stereocenters. The molecule has 1 aromatic carbocycles. The summed E-state index contributed by atoms with van der Waals surface area (Å²) in [5.41, 5.74) is 3.86. The van der Waals surface area contributed by atoms with Crippen molar-refractivity contribution in [3.8, 4) is 16.9 Å². The first-order valence-corrected chi connectivity index (χ1v) is 7.43. The summed E-state index contributed by atoms with van der Waals surface area (Å²) in [6.07, 6.45) is 8.66. The number of ether oxygens (including phenoxy) is 1. The molecule has 0 N–H and O–H groups in total. The molecule has 0 radical (unpaired) electrons. The number of nitrogens with zero attached hydrogens (tertiary/aromatic N) is 2. The smallest absolute Gasteiger partial charge is 0.118 e. The normalized spacial score (nSPS) is 15.7. The molecule has 106 valence electrons. The minimum absolute atomic E-state index is 0.836. The van der Waals surface area contributed by atoms with E-state index in [0.717, 1.165) is 18.1 Å². The second-order valence-corrected chi connectivity index (χ2v) is 5.71. The van der Waals surface area contributed by atoms with Gasteiger partial charge in [-0.05, 0) is 30.0 Å². The summed E-state index contributed by atoms with van der Waals surface area (Å²) in [5, 5.41) is 4.46. The highest BCUT2D eigenvalue weighted by Crippen LogP contribution is 2.32. The Kier molecular flexibility index (Phi) is 3.77. The summed E-state index contributed by atoms with van der Waals surface area (Å²) in [6.45, 7) is 0. The zero-order chi connectivity index (χ0) is 13.9. The maximum Gasteiger partial charge on any atom is 0.118 e. The van der Waals surface area contributed by atoms with Gasteiger partial charge in [0.05, 0.1) is 13.3 Å². The Morgan fingerprint density at radius 3 is 2.55 bits per heavy atom. The van der Waals surface area contributed by atoms with E-state index in [1.54, 1.807) is 7.11 Å². The van der Waals surface area contributed by atoms with Crippen LogP contribution in [0, 0.1) is 5.92 Å². The fourth-order valence-corrected chi connectivity index (χ4v) is 3.20. The van der Waals surface area contributed by atoms with Gasteiger partial charge in [-0.25, -0.2) is 0 Å². The zero-order valence-corrected chi connectivity index (χ0v) is 12.3. The van der Waals surface area contributed by atoms with Crippen molar-refractivity contribution in [2.75, 3.05) is 7.11 Å². The summed E-state index contributed by atoms with van der Waals surface area (Å²) in [6, 6.07) is 8.27. The third-order valence-corrected chi connectivity index (χ3v) is 4.42. The number of benzene rings is 1. The van der Waals surface area contributed by atoms with Crippen molar-refractivity contribution in [3.63, 3.8) is 0 Å². The lowest BCUT2D eigenvalue weighted by Crippen LogP contribution is -2.06. The number of aryl methyl sites for hydroxylation is 1. The van der Waals surface area contributed by atoms with Gasteiger partial charge < -0.3 is 4.74 Å². The Hall–Kier alpha value is -1.77. The predicted octanol–water partition coefficient (Wildman–Crippen LogP) is 3.83. The van der Waals surface area contributed by atoms with Crippen LogP contribution in [-0.2, 0) is 13.5 Å². The topological polar surface area (TPSA) is 27.1 Å². The fraction of sp³-hybridized carbons (Fsp3) is 0.471. The summed E-state index contributed by atoms with van der Waals surface area (Å²) in [7, 11) is 3.75. The summed E-state index contributed by atoms with van der Waals surface area (Å²) < 4.78 is 7.27.